The van der Waals surface area contributed by atoms with Crippen LogP contribution in [0.4, 0.5) is 5.95 Å². The van der Waals surface area contributed by atoms with Gasteiger partial charge in [0.05, 0.1) is 12.6 Å². The maximum Gasteiger partial charge on any atom is 0.237 e. The van der Waals surface area contributed by atoms with Crippen molar-refractivity contribution in [2.24, 2.45) is 0 Å². The Hall–Kier alpha value is -2.20. The Bertz CT molecular complexity index is 632. The van der Waals surface area contributed by atoms with E-state index in [1.807, 2.05) is 12.4 Å². The normalized spacial score (nSPS) is 25.7. The molecule has 140 valence electrons. The minimum Gasteiger partial charge on any atom is -0.351 e. The van der Waals surface area contributed by atoms with Crippen LogP contribution in [0.15, 0.2) is 12.4 Å². The van der Waals surface area contributed by atoms with Crippen molar-refractivity contribution < 1.29 is 4.79 Å². The number of carbonyl (C=O) groups excluding carboxylic acids is 1. The number of hydrogen-bond donors (Lipinski definition) is 2. The van der Waals surface area contributed by atoms with Crippen molar-refractivity contribution in [2.75, 3.05) is 18.4 Å². The molecule has 3 rings (SSSR count). The molecule has 1 saturated heterocycles. The van der Waals surface area contributed by atoms with Crippen molar-refractivity contribution in [3.8, 4) is 6.07 Å². The number of rotatable bonds is 6. The van der Waals surface area contributed by atoms with Crippen molar-refractivity contribution in [3.63, 3.8) is 0 Å². The van der Waals surface area contributed by atoms with Crippen molar-refractivity contribution in [2.45, 2.75) is 70.0 Å². The van der Waals surface area contributed by atoms with Gasteiger partial charge in [-0.2, -0.15) is 5.26 Å². The molecule has 2 N–H and O–H groups in total. The van der Waals surface area contributed by atoms with Crippen LogP contribution < -0.4 is 10.6 Å². The first-order valence-corrected chi connectivity index (χ1v) is 9.69. The molecule has 26 heavy (non-hydrogen) atoms. The lowest BCUT2D eigenvalue weighted by Gasteiger charge is -2.30. The van der Waals surface area contributed by atoms with Gasteiger partial charge in [0.1, 0.15) is 6.04 Å². The SMILES string of the molecule is CCc1cnc(NC2CCC(NCC(=O)N3CCC[C@H]3C#N)CC2)nc1. The summed E-state index contributed by atoms with van der Waals surface area (Å²) < 4.78 is 0. The third kappa shape index (κ3) is 4.70. The van der Waals surface area contributed by atoms with Crippen LogP contribution in [0.25, 0.3) is 0 Å². The Labute approximate surface area is 155 Å². The number of hydrogen-bond acceptors (Lipinski definition) is 6. The molecule has 2 fully saturated rings. The molecule has 1 aromatic rings. The molecule has 0 bridgehead atoms. The Morgan fingerprint density at radius 1 is 1.23 bits per heavy atom. The van der Waals surface area contributed by atoms with Gasteiger partial charge in [-0.25, -0.2) is 9.97 Å². The van der Waals surface area contributed by atoms with Gasteiger partial charge in [0.25, 0.3) is 0 Å². The van der Waals surface area contributed by atoms with E-state index in [9.17, 15) is 4.79 Å². The molecule has 7 nitrogen and oxygen atoms in total. The van der Waals surface area contributed by atoms with Crippen molar-refractivity contribution in [1.29, 1.82) is 5.26 Å². The number of nitrogens with zero attached hydrogens (tertiary/aromatic N) is 4. The highest BCUT2D eigenvalue weighted by Crippen LogP contribution is 2.21. The van der Waals surface area contributed by atoms with Gasteiger partial charge in [-0.1, -0.05) is 6.92 Å². The van der Waals surface area contributed by atoms with Crippen molar-refractivity contribution in [1.82, 2.24) is 20.2 Å². The van der Waals surface area contributed by atoms with Gasteiger partial charge in [0.15, 0.2) is 0 Å². The Kier molecular flexibility index (Phi) is 6.40. The fraction of sp³-hybridized carbons (Fsp3) is 0.684. The molecule has 1 amide bonds. The molecule has 0 radical (unpaired) electrons. The quantitative estimate of drug-likeness (QED) is 0.808. The van der Waals surface area contributed by atoms with Crippen LogP contribution in [0.3, 0.4) is 0 Å². The van der Waals surface area contributed by atoms with Gasteiger partial charge in [-0.15, -0.1) is 0 Å². The molecule has 1 saturated carbocycles. The predicted octanol–water partition coefficient (Wildman–Crippen LogP) is 1.87. The molecule has 1 aliphatic heterocycles. The average Bonchev–Trinajstić information content (AvgIpc) is 3.17. The number of amides is 1. The van der Waals surface area contributed by atoms with Crippen molar-refractivity contribution >= 4 is 11.9 Å². The summed E-state index contributed by atoms with van der Waals surface area (Å²) in [4.78, 5) is 22.8. The standard InChI is InChI=1S/C19H28N6O/c1-2-14-11-22-19(23-12-14)24-16-7-5-15(6-8-16)21-13-18(26)25-9-3-4-17(25)10-20/h11-12,15-17,21H,2-9,13H2,1H3,(H,22,23,24)/t15?,16?,17-/m0/s1. The summed E-state index contributed by atoms with van der Waals surface area (Å²) in [5, 5.41) is 15.9. The lowest BCUT2D eigenvalue weighted by atomic mass is 9.91. The summed E-state index contributed by atoms with van der Waals surface area (Å²) in [6.45, 7) is 3.14. The smallest absolute Gasteiger partial charge is 0.237 e. The molecular weight excluding hydrogens is 328 g/mol. The van der Waals surface area contributed by atoms with E-state index in [2.05, 4.69) is 33.6 Å². The van der Waals surface area contributed by atoms with E-state index in [-0.39, 0.29) is 11.9 Å². The van der Waals surface area contributed by atoms with Gasteiger partial charge in [0.2, 0.25) is 11.9 Å². The highest BCUT2D eigenvalue weighted by Gasteiger charge is 2.29. The summed E-state index contributed by atoms with van der Waals surface area (Å²) in [7, 11) is 0. The van der Waals surface area contributed by atoms with Crippen LogP contribution in [0.2, 0.25) is 0 Å². The maximum atomic E-state index is 12.3. The van der Waals surface area contributed by atoms with E-state index in [1.165, 1.54) is 0 Å². The summed E-state index contributed by atoms with van der Waals surface area (Å²) >= 11 is 0. The van der Waals surface area contributed by atoms with Crippen LogP contribution in [0, 0.1) is 11.3 Å². The lowest BCUT2D eigenvalue weighted by Crippen LogP contribution is -2.45. The number of aryl methyl sites for hydroxylation is 1. The molecule has 2 aliphatic rings. The Morgan fingerprint density at radius 2 is 1.92 bits per heavy atom. The summed E-state index contributed by atoms with van der Waals surface area (Å²) in [6, 6.07) is 2.74. The number of aromatic nitrogens is 2. The van der Waals surface area contributed by atoms with E-state index in [4.69, 9.17) is 5.26 Å². The van der Waals surface area contributed by atoms with Crippen molar-refractivity contribution in [3.05, 3.63) is 18.0 Å². The van der Waals surface area contributed by atoms with Gasteiger partial charge >= 0.3 is 0 Å². The second kappa shape index (κ2) is 8.95. The van der Waals surface area contributed by atoms with E-state index in [0.29, 0.717) is 31.1 Å². The van der Waals surface area contributed by atoms with Gasteiger partial charge in [-0.3, -0.25) is 4.79 Å². The Balaban J connectivity index is 1.38. The first-order chi connectivity index (χ1) is 12.7. The van der Waals surface area contributed by atoms with Crippen LogP contribution >= 0.6 is 0 Å². The molecular formula is C19H28N6O. The fourth-order valence-corrected chi connectivity index (χ4v) is 3.77. The average molecular weight is 356 g/mol. The molecule has 0 unspecified atom stereocenters. The lowest BCUT2D eigenvalue weighted by molar-refractivity contribution is -0.130. The zero-order valence-corrected chi connectivity index (χ0v) is 15.4. The van der Waals surface area contributed by atoms with Crippen LogP contribution in [0.1, 0.15) is 51.0 Å². The maximum absolute atomic E-state index is 12.3. The number of anilines is 1. The topological polar surface area (TPSA) is 93.9 Å². The van der Waals surface area contributed by atoms with Crippen LogP contribution in [0.5, 0.6) is 0 Å². The van der Waals surface area contributed by atoms with Gasteiger partial charge in [0, 0.05) is 31.0 Å². The van der Waals surface area contributed by atoms with Gasteiger partial charge in [-0.05, 0) is 50.5 Å². The molecule has 1 aromatic heterocycles. The molecule has 0 spiro atoms. The summed E-state index contributed by atoms with van der Waals surface area (Å²) in [5.74, 6) is 0.754. The summed E-state index contributed by atoms with van der Waals surface area (Å²) in [6.07, 6.45) is 10.6. The highest BCUT2D eigenvalue weighted by atomic mass is 16.2. The van der Waals surface area contributed by atoms with Crippen LogP contribution in [-0.2, 0) is 11.2 Å². The van der Waals surface area contributed by atoms with E-state index >= 15 is 0 Å². The Morgan fingerprint density at radius 3 is 2.58 bits per heavy atom. The van der Waals surface area contributed by atoms with E-state index in [1.54, 1.807) is 4.90 Å². The third-order valence-electron chi connectivity index (χ3n) is 5.44. The van der Waals surface area contributed by atoms with Gasteiger partial charge < -0.3 is 15.5 Å². The zero-order chi connectivity index (χ0) is 18.4. The molecule has 1 atom stereocenters. The number of carbonyl (C=O) groups is 1. The largest absolute Gasteiger partial charge is 0.351 e. The predicted molar refractivity (Wildman–Crippen MR) is 99.4 cm³/mol. The third-order valence-corrected chi connectivity index (χ3v) is 5.44. The first kappa shape index (κ1) is 18.6. The minimum atomic E-state index is -0.233. The van der Waals surface area contributed by atoms with E-state index in [0.717, 1.165) is 50.5 Å². The number of likely N-dealkylation sites (tertiary alicyclic amines) is 1. The first-order valence-electron chi connectivity index (χ1n) is 9.69. The minimum absolute atomic E-state index is 0.0544. The van der Waals surface area contributed by atoms with Crippen LogP contribution in [-0.4, -0.2) is 52.0 Å². The molecule has 0 aromatic carbocycles. The van der Waals surface area contributed by atoms with E-state index < -0.39 is 0 Å². The fourth-order valence-electron chi connectivity index (χ4n) is 3.77. The number of nitrogens with one attached hydrogen (secondary N) is 2. The monoisotopic (exact) mass is 356 g/mol. The zero-order valence-electron chi connectivity index (χ0n) is 15.4. The second-order valence-corrected chi connectivity index (χ2v) is 7.22. The summed E-state index contributed by atoms with van der Waals surface area (Å²) in [5.41, 5.74) is 1.14. The number of nitriles is 1. The second-order valence-electron chi connectivity index (χ2n) is 7.22. The molecule has 2 heterocycles. The molecule has 7 heteroatoms. The highest BCUT2D eigenvalue weighted by molar-refractivity contribution is 5.79. The molecule has 1 aliphatic carbocycles.